The van der Waals surface area contributed by atoms with Crippen molar-refractivity contribution in [3.8, 4) is 0 Å². The summed E-state index contributed by atoms with van der Waals surface area (Å²) in [6.45, 7) is 1.57. The lowest BCUT2D eigenvalue weighted by molar-refractivity contribution is -0.141. The Morgan fingerprint density at radius 2 is 2.06 bits per heavy atom. The Labute approximate surface area is 87.7 Å². The van der Waals surface area contributed by atoms with Gasteiger partial charge in [-0.3, -0.25) is 9.48 Å². The summed E-state index contributed by atoms with van der Waals surface area (Å²) in [6, 6.07) is 0.553. The highest BCUT2D eigenvalue weighted by Crippen LogP contribution is 2.27. The van der Waals surface area contributed by atoms with Crippen molar-refractivity contribution < 1.29 is 13.2 Å². The van der Waals surface area contributed by atoms with Crippen LogP contribution in [-0.2, 0) is 13.2 Å². The second-order valence-corrected chi connectivity index (χ2v) is 3.48. The highest BCUT2D eigenvalue weighted by molar-refractivity contribution is 5.78. The Kier molecular flexibility index (Phi) is 2.08. The second-order valence-electron chi connectivity index (χ2n) is 3.48. The van der Waals surface area contributed by atoms with Crippen molar-refractivity contribution in [2.24, 2.45) is 7.05 Å². The van der Waals surface area contributed by atoms with Crippen LogP contribution in [-0.4, -0.2) is 14.8 Å². The zero-order valence-corrected chi connectivity index (χ0v) is 8.51. The van der Waals surface area contributed by atoms with Gasteiger partial charge < -0.3 is 4.98 Å². The van der Waals surface area contributed by atoms with Gasteiger partial charge in [0.1, 0.15) is 11.3 Å². The van der Waals surface area contributed by atoms with Crippen molar-refractivity contribution >= 4 is 11.0 Å². The van der Waals surface area contributed by atoms with E-state index in [9.17, 15) is 18.0 Å². The lowest BCUT2D eigenvalue weighted by Gasteiger charge is -2.06. The van der Waals surface area contributed by atoms with E-state index in [-0.39, 0.29) is 11.0 Å². The average molecular weight is 231 g/mol. The van der Waals surface area contributed by atoms with E-state index in [4.69, 9.17) is 0 Å². The highest BCUT2D eigenvalue weighted by Gasteiger charge is 2.33. The Morgan fingerprint density at radius 1 is 1.44 bits per heavy atom. The maximum atomic E-state index is 12.4. The monoisotopic (exact) mass is 231 g/mol. The van der Waals surface area contributed by atoms with Crippen LogP contribution in [0.2, 0.25) is 0 Å². The van der Waals surface area contributed by atoms with E-state index in [1.807, 2.05) is 0 Å². The van der Waals surface area contributed by atoms with Crippen molar-refractivity contribution in [3.63, 3.8) is 0 Å². The van der Waals surface area contributed by atoms with E-state index in [2.05, 4.69) is 10.1 Å². The summed E-state index contributed by atoms with van der Waals surface area (Å²) in [4.78, 5) is 13.7. The van der Waals surface area contributed by atoms with Crippen molar-refractivity contribution in [3.05, 3.63) is 27.7 Å². The predicted octanol–water partition coefficient (Wildman–Crippen LogP) is 1.59. The number of alkyl halides is 3. The van der Waals surface area contributed by atoms with E-state index in [0.29, 0.717) is 11.8 Å². The van der Waals surface area contributed by atoms with Gasteiger partial charge in [-0.2, -0.15) is 18.3 Å². The van der Waals surface area contributed by atoms with Crippen molar-refractivity contribution in [2.75, 3.05) is 0 Å². The van der Waals surface area contributed by atoms with Crippen LogP contribution in [0.4, 0.5) is 13.2 Å². The first-order valence-corrected chi connectivity index (χ1v) is 4.44. The molecule has 16 heavy (non-hydrogen) atoms. The fourth-order valence-corrected chi connectivity index (χ4v) is 1.62. The normalized spacial score (nSPS) is 12.3. The number of aryl methyl sites for hydroxylation is 2. The average Bonchev–Trinajstić information content (AvgIpc) is 2.41. The molecule has 0 radical (unpaired) electrons. The molecule has 0 saturated heterocycles. The van der Waals surface area contributed by atoms with Crippen molar-refractivity contribution in [1.82, 2.24) is 14.8 Å². The Balaban J connectivity index is 2.87. The minimum absolute atomic E-state index is 0.0809. The molecule has 0 saturated carbocycles. The molecular formula is C9H8F3N3O. The van der Waals surface area contributed by atoms with Crippen LogP contribution in [0.3, 0.4) is 0 Å². The summed E-state index contributed by atoms with van der Waals surface area (Å²) in [5, 5.41) is 4.08. The van der Waals surface area contributed by atoms with Gasteiger partial charge in [-0.15, -0.1) is 0 Å². The molecular weight excluding hydrogens is 223 g/mol. The summed E-state index contributed by atoms with van der Waals surface area (Å²) < 4.78 is 38.5. The number of aromatic amines is 1. The van der Waals surface area contributed by atoms with E-state index in [1.54, 1.807) is 6.92 Å². The van der Waals surface area contributed by atoms with Crippen LogP contribution in [0.1, 0.15) is 11.4 Å². The Bertz CT molecular complexity index is 609. The maximum Gasteiger partial charge on any atom is 0.431 e. The number of halogens is 3. The van der Waals surface area contributed by atoms with Gasteiger partial charge in [-0.1, -0.05) is 0 Å². The molecule has 2 aromatic heterocycles. The minimum Gasteiger partial charge on any atom is -0.336 e. The molecule has 0 aliphatic rings. The van der Waals surface area contributed by atoms with E-state index in [1.165, 1.54) is 11.7 Å². The lowest BCUT2D eigenvalue weighted by atomic mass is 10.2. The largest absolute Gasteiger partial charge is 0.431 e. The zero-order valence-electron chi connectivity index (χ0n) is 8.51. The van der Waals surface area contributed by atoms with E-state index < -0.39 is 17.3 Å². The number of rotatable bonds is 0. The maximum absolute atomic E-state index is 12.4. The predicted molar refractivity (Wildman–Crippen MR) is 51.1 cm³/mol. The first kappa shape index (κ1) is 10.7. The standard InChI is InChI=1S/C9H8F3N3O/c1-4-7-5(16)3-6(9(10,11)12)13-8(7)15(2)14-4/h3H,1-2H3,(H,13,16). The number of nitrogens with zero attached hydrogens (tertiary/aromatic N) is 2. The molecule has 0 amide bonds. The summed E-state index contributed by atoms with van der Waals surface area (Å²) in [7, 11) is 1.48. The number of fused-ring (bicyclic) bond motifs is 1. The summed E-state index contributed by atoms with van der Waals surface area (Å²) in [5.74, 6) is 0. The van der Waals surface area contributed by atoms with Gasteiger partial charge in [0.15, 0.2) is 5.43 Å². The number of hydrogen-bond donors (Lipinski definition) is 1. The van der Waals surface area contributed by atoms with Gasteiger partial charge in [0.05, 0.1) is 11.1 Å². The molecule has 0 fully saturated rings. The van der Waals surface area contributed by atoms with Crippen molar-refractivity contribution in [1.29, 1.82) is 0 Å². The molecule has 86 valence electrons. The second kappa shape index (κ2) is 3.10. The lowest BCUT2D eigenvalue weighted by Crippen LogP contribution is -2.14. The molecule has 0 bridgehead atoms. The van der Waals surface area contributed by atoms with Crippen molar-refractivity contribution in [2.45, 2.75) is 13.1 Å². The number of nitrogens with one attached hydrogen (secondary N) is 1. The van der Waals surface area contributed by atoms with Gasteiger partial charge in [-0.05, 0) is 6.92 Å². The first-order chi connectivity index (χ1) is 7.30. The van der Waals surface area contributed by atoms with Crippen LogP contribution in [0.25, 0.3) is 11.0 Å². The molecule has 0 aliphatic carbocycles. The van der Waals surface area contributed by atoms with Gasteiger partial charge >= 0.3 is 6.18 Å². The molecule has 0 aromatic carbocycles. The summed E-state index contributed by atoms with van der Waals surface area (Å²) in [6.07, 6.45) is -4.56. The van der Waals surface area contributed by atoms with Crippen LogP contribution in [0.5, 0.6) is 0 Å². The van der Waals surface area contributed by atoms with Crippen LogP contribution < -0.4 is 5.43 Å². The fraction of sp³-hybridized carbons (Fsp3) is 0.333. The minimum atomic E-state index is -4.56. The summed E-state index contributed by atoms with van der Waals surface area (Å²) in [5.41, 5.74) is -1.25. The van der Waals surface area contributed by atoms with E-state index >= 15 is 0 Å². The molecule has 2 heterocycles. The van der Waals surface area contributed by atoms with Gasteiger partial charge in [0.2, 0.25) is 0 Å². The molecule has 0 atom stereocenters. The zero-order chi connectivity index (χ0) is 12.1. The third kappa shape index (κ3) is 1.48. The molecule has 0 unspecified atom stereocenters. The molecule has 2 aromatic rings. The van der Waals surface area contributed by atoms with Crippen LogP contribution >= 0.6 is 0 Å². The number of H-pyrrole nitrogens is 1. The summed E-state index contributed by atoms with van der Waals surface area (Å²) >= 11 is 0. The topological polar surface area (TPSA) is 50.7 Å². The van der Waals surface area contributed by atoms with Crippen LogP contribution in [0.15, 0.2) is 10.9 Å². The molecule has 0 spiro atoms. The Morgan fingerprint density at radius 3 is 2.62 bits per heavy atom. The molecule has 4 nitrogen and oxygen atoms in total. The SMILES string of the molecule is Cc1nn(C)c2[nH]c(C(F)(F)F)cc(=O)c12. The fourth-order valence-electron chi connectivity index (χ4n) is 1.62. The van der Waals surface area contributed by atoms with Gasteiger partial charge in [0, 0.05) is 13.1 Å². The quantitative estimate of drug-likeness (QED) is 0.748. The molecule has 0 aliphatic heterocycles. The van der Waals surface area contributed by atoms with Crippen LogP contribution in [0, 0.1) is 6.92 Å². The number of hydrogen-bond acceptors (Lipinski definition) is 2. The number of aromatic nitrogens is 3. The highest BCUT2D eigenvalue weighted by atomic mass is 19.4. The molecule has 2 rings (SSSR count). The molecule has 7 heteroatoms. The van der Waals surface area contributed by atoms with E-state index in [0.717, 1.165) is 0 Å². The van der Waals surface area contributed by atoms with Gasteiger partial charge in [0.25, 0.3) is 0 Å². The third-order valence-electron chi connectivity index (χ3n) is 2.30. The third-order valence-corrected chi connectivity index (χ3v) is 2.30. The first-order valence-electron chi connectivity index (χ1n) is 4.44. The molecule has 1 N–H and O–H groups in total. The van der Waals surface area contributed by atoms with Gasteiger partial charge in [-0.25, -0.2) is 0 Å². The number of pyridine rings is 1. The smallest absolute Gasteiger partial charge is 0.336 e. The Hall–Kier alpha value is -1.79.